The highest BCUT2D eigenvalue weighted by atomic mass is 16.4. The number of primary amides is 1. The van der Waals surface area contributed by atoms with Crippen LogP contribution in [0.5, 0.6) is 0 Å². The maximum atomic E-state index is 11.5. The lowest BCUT2D eigenvalue weighted by Crippen LogP contribution is -2.48. The summed E-state index contributed by atoms with van der Waals surface area (Å²) in [4.78, 5) is 43.2. The second-order valence-electron chi connectivity index (χ2n) is 3.94. The van der Waals surface area contributed by atoms with Gasteiger partial charge in [-0.25, -0.2) is 4.79 Å². The van der Waals surface area contributed by atoms with Crippen LogP contribution in [-0.2, 0) is 19.2 Å². The number of hydrogen-bond donors (Lipinski definition) is 5. The number of amides is 2. The van der Waals surface area contributed by atoms with Crippen molar-refractivity contribution in [3.05, 3.63) is 0 Å². The third-order valence-corrected chi connectivity index (χ3v) is 2.30. The summed E-state index contributed by atoms with van der Waals surface area (Å²) in [6.07, 6.45) is -0.749. The summed E-state index contributed by atoms with van der Waals surface area (Å²) in [5, 5.41) is 19.4. The van der Waals surface area contributed by atoms with E-state index in [1.165, 1.54) is 0 Å². The Hall–Kier alpha value is -2.16. The Morgan fingerprint density at radius 1 is 1.05 bits per heavy atom. The minimum Gasteiger partial charge on any atom is -0.481 e. The summed E-state index contributed by atoms with van der Waals surface area (Å²) in [6, 6.07) is -2.40. The summed E-state index contributed by atoms with van der Waals surface area (Å²) >= 11 is 0. The molecule has 9 heteroatoms. The average molecular weight is 275 g/mol. The minimum atomic E-state index is -1.35. The molecular weight excluding hydrogens is 258 g/mol. The summed E-state index contributed by atoms with van der Waals surface area (Å²) in [7, 11) is 0. The second-order valence-corrected chi connectivity index (χ2v) is 3.94. The minimum absolute atomic E-state index is 0.00750. The van der Waals surface area contributed by atoms with E-state index in [9.17, 15) is 19.2 Å². The SMILES string of the molecule is NC(=O)CC[C@@H](N)C(=O)N[C@@H](CCC(=O)O)C(=O)O. The van der Waals surface area contributed by atoms with Crippen LogP contribution in [0.1, 0.15) is 25.7 Å². The van der Waals surface area contributed by atoms with Crippen LogP contribution in [0.25, 0.3) is 0 Å². The Kier molecular flexibility index (Phi) is 7.12. The first-order chi connectivity index (χ1) is 8.73. The van der Waals surface area contributed by atoms with E-state index in [0.717, 1.165) is 0 Å². The molecule has 0 aliphatic rings. The number of rotatable bonds is 9. The Bertz CT molecular complexity index is 370. The quantitative estimate of drug-likeness (QED) is 0.324. The molecule has 0 saturated carbocycles. The molecule has 0 aromatic carbocycles. The number of carboxylic acids is 2. The molecule has 0 aliphatic heterocycles. The molecule has 2 atom stereocenters. The Morgan fingerprint density at radius 3 is 2.05 bits per heavy atom. The van der Waals surface area contributed by atoms with Crippen LogP contribution in [0.4, 0.5) is 0 Å². The van der Waals surface area contributed by atoms with Gasteiger partial charge in [-0.2, -0.15) is 0 Å². The molecule has 0 unspecified atom stereocenters. The van der Waals surface area contributed by atoms with E-state index in [1.54, 1.807) is 0 Å². The van der Waals surface area contributed by atoms with Gasteiger partial charge in [0.2, 0.25) is 11.8 Å². The summed E-state index contributed by atoms with van der Waals surface area (Å²) < 4.78 is 0. The Morgan fingerprint density at radius 2 is 1.63 bits per heavy atom. The van der Waals surface area contributed by atoms with E-state index in [2.05, 4.69) is 5.32 Å². The van der Waals surface area contributed by atoms with Gasteiger partial charge in [-0.15, -0.1) is 0 Å². The fourth-order valence-corrected chi connectivity index (χ4v) is 1.23. The highest BCUT2D eigenvalue weighted by Gasteiger charge is 2.23. The standard InChI is InChI=1S/C10H17N3O6/c11-5(1-3-7(12)14)9(17)13-6(10(18)19)2-4-8(15)16/h5-6H,1-4,11H2,(H2,12,14)(H,13,17)(H,15,16)(H,18,19)/t5-,6+/m1/s1. The highest BCUT2D eigenvalue weighted by Crippen LogP contribution is 2.00. The lowest BCUT2D eigenvalue weighted by atomic mass is 10.1. The third kappa shape index (κ3) is 7.71. The zero-order valence-corrected chi connectivity index (χ0v) is 10.2. The molecule has 0 aromatic heterocycles. The number of hydrogen-bond acceptors (Lipinski definition) is 5. The predicted octanol–water partition coefficient (Wildman–Crippen LogP) is -1.99. The zero-order valence-electron chi connectivity index (χ0n) is 10.2. The topological polar surface area (TPSA) is 173 Å². The summed E-state index contributed by atoms with van der Waals surface area (Å²) in [5.74, 6) is -3.90. The predicted molar refractivity (Wildman–Crippen MR) is 62.8 cm³/mol. The van der Waals surface area contributed by atoms with Gasteiger partial charge in [0.25, 0.3) is 0 Å². The Balaban J connectivity index is 4.33. The van der Waals surface area contributed by atoms with E-state index in [1.807, 2.05) is 0 Å². The number of carbonyl (C=O) groups is 4. The van der Waals surface area contributed by atoms with Gasteiger partial charge in [-0.1, -0.05) is 0 Å². The Labute approximate surface area is 108 Å². The molecule has 0 aromatic rings. The molecule has 0 saturated heterocycles. The summed E-state index contributed by atoms with van der Waals surface area (Å²) in [5.41, 5.74) is 10.3. The second kappa shape index (κ2) is 8.03. The maximum Gasteiger partial charge on any atom is 0.326 e. The van der Waals surface area contributed by atoms with Crippen molar-refractivity contribution in [3.8, 4) is 0 Å². The van der Waals surface area contributed by atoms with E-state index >= 15 is 0 Å². The van der Waals surface area contributed by atoms with Gasteiger partial charge in [0.05, 0.1) is 6.04 Å². The van der Waals surface area contributed by atoms with E-state index in [4.69, 9.17) is 21.7 Å². The van der Waals surface area contributed by atoms with Gasteiger partial charge in [-0.05, 0) is 12.8 Å². The van der Waals surface area contributed by atoms with Crippen molar-refractivity contribution in [2.75, 3.05) is 0 Å². The number of aliphatic carboxylic acids is 2. The first kappa shape index (κ1) is 16.8. The van der Waals surface area contributed by atoms with Crippen LogP contribution in [-0.4, -0.2) is 46.0 Å². The fourth-order valence-electron chi connectivity index (χ4n) is 1.23. The molecule has 0 radical (unpaired) electrons. The largest absolute Gasteiger partial charge is 0.481 e. The lowest BCUT2D eigenvalue weighted by Gasteiger charge is -2.16. The van der Waals surface area contributed by atoms with Crippen molar-refractivity contribution < 1.29 is 29.4 Å². The van der Waals surface area contributed by atoms with Crippen LogP contribution in [0.15, 0.2) is 0 Å². The molecule has 19 heavy (non-hydrogen) atoms. The van der Waals surface area contributed by atoms with Crippen molar-refractivity contribution in [1.29, 1.82) is 0 Å². The van der Waals surface area contributed by atoms with Crippen molar-refractivity contribution >= 4 is 23.8 Å². The monoisotopic (exact) mass is 275 g/mol. The smallest absolute Gasteiger partial charge is 0.326 e. The first-order valence-corrected chi connectivity index (χ1v) is 5.53. The van der Waals surface area contributed by atoms with Gasteiger partial charge in [-0.3, -0.25) is 14.4 Å². The van der Waals surface area contributed by atoms with Gasteiger partial charge >= 0.3 is 11.9 Å². The van der Waals surface area contributed by atoms with E-state index in [-0.39, 0.29) is 19.3 Å². The van der Waals surface area contributed by atoms with Crippen LogP contribution in [0.2, 0.25) is 0 Å². The van der Waals surface area contributed by atoms with Gasteiger partial charge in [0.15, 0.2) is 0 Å². The molecule has 0 spiro atoms. The molecule has 108 valence electrons. The number of nitrogens with one attached hydrogen (secondary N) is 1. The lowest BCUT2D eigenvalue weighted by molar-refractivity contribution is -0.143. The van der Waals surface area contributed by atoms with Gasteiger partial charge in [0, 0.05) is 12.8 Å². The van der Waals surface area contributed by atoms with Crippen molar-refractivity contribution in [2.24, 2.45) is 11.5 Å². The number of carboxylic acid groups (broad SMARTS) is 2. The molecule has 0 bridgehead atoms. The average Bonchev–Trinajstić information content (AvgIpc) is 2.30. The van der Waals surface area contributed by atoms with Crippen LogP contribution < -0.4 is 16.8 Å². The number of nitrogens with two attached hydrogens (primary N) is 2. The zero-order chi connectivity index (χ0) is 15.0. The van der Waals surface area contributed by atoms with Crippen LogP contribution in [0, 0.1) is 0 Å². The highest BCUT2D eigenvalue weighted by molar-refractivity contribution is 5.87. The van der Waals surface area contributed by atoms with Gasteiger partial charge < -0.3 is 27.0 Å². The van der Waals surface area contributed by atoms with Crippen LogP contribution in [0.3, 0.4) is 0 Å². The molecule has 0 aliphatic carbocycles. The van der Waals surface area contributed by atoms with Crippen molar-refractivity contribution in [2.45, 2.75) is 37.8 Å². The molecular formula is C10H17N3O6. The molecule has 9 nitrogen and oxygen atoms in total. The fraction of sp³-hybridized carbons (Fsp3) is 0.600. The van der Waals surface area contributed by atoms with Crippen molar-refractivity contribution in [3.63, 3.8) is 0 Å². The third-order valence-electron chi connectivity index (χ3n) is 2.30. The van der Waals surface area contributed by atoms with Gasteiger partial charge in [0.1, 0.15) is 6.04 Å². The van der Waals surface area contributed by atoms with Crippen LogP contribution >= 0.6 is 0 Å². The normalized spacial score (nSPS) is 13.3. The number of carbonyl (C=O) groups excluding carboxylic acids is 2. The van der Waals surface area contributed by atoms with E-state index < -0.39 is 42.3 Å². The molecule has 2 amide bonds. The molecule has 7 N–H and O–H groups in total. The molecule has 0 fully saturated rings. The summed E-state index contributed by atoms with van der Waals surface area (Å²) in [6.45, 7) is 0. The van der Waals surface area contributed by atoms with Crippen molar-refractivity contribution in [1.82, 2.24) is 5.32 Å². The molecule has 0 heterocycles. The molecule has 0 rings (SSSR count). The van der Waals surface area contributed by atoms with E-state index in [0.29, 0.717) is 0 Å². The maximum absolute atomic E-state index is 11.5. The first-order valence-electron chi connectivity index (χ1n) is 5.53.